The van der Waals surface area contributed by atoms with Crippen molar-refractivity contribution in [1.29, 1.82) is 0 Å². The van der Waals surface area contributed by atoms with Gasteiger partial charge in [0.1, 0.15) is 6.04 Å². The topological polar surface area (TPSA) is 78.2 Å². The number of aromatic hydroxyl groups is 1. The van der Waals surface area contributed by atoms with Gasteiger partial charge in [0.25, 0.3) is 0 Å². The molecule has 1 atom stereocenters. The molecule has 0 bridgehead atoms. The number of carboxylic acid groups (broad SMARTS) is 1. The van der Waals surface area contributed by atoms with Gasteiger partial charge in [-0.1, -0.05) is 6.92 Å². The molecule has 1 aromatic rings. The quantitative estimate of drug-likeness (QED) is 0.645. The first-order valence-corrected chi connectivity index (χ1v) is 4.20. The molecule has 0 amide bonds. The molecule has 0 aliphatic rings. The molecule has 0 radical (unpaired) electrons. The van der Waals surface area contributed by atoms with Crippen molar-refractivity contribution < 1.29 is 15.0 Å². The van der Waals surface area contributed by atoms with Crippen LogP contribution >= 0.6 is 12.2 Å². The first-order valence-electron chi connectivity index (χ1n) is 3.79. The Morgan fingerprint density at radius 3 is 2.77 bits per heavy atom. The summed E-state index contributed by atoms with van der Waals surface area (Å²) in [5.41, 5.74) is 0. The van der Waals surface area contributed by atoms with Crippen LogP contribution in [0.3, 0.4) is 0 Å². The number of H-pyrrole nitrogens is 1. The van der Waals surface area contributed by atoms with Crippen LogP contribution in [0.2, 0.25) is 0 Å². The van der Waals surface area contributed by atoms with Crippen LogP contribution in [0.15, 0.2) is 6.20 Å². The molecule has 72 valence electrons. The average molecular weight is 202 g/mol. The molecular formula is C7H10N2O3S. The number of nitrogens with zero attached hydrogens (tertiary/aromatic N) is 1. The minimum absolute atomic E-state index is 0.153. The van der Waals surface area contributed by atoms with Crippen LogP contribution in [0.25, 0.3) is 0 Å². The molecule has 1 rings (SSSR count). The maximum Gasteiger partial charge on any atom is 0.326 e. The van der Waals surface area contributed by atoms with E-state index in [1.54, 1.807) is 6.92 Å². The van der Waals surface area contributed by atoms with Crippen molar-refractivity contribution in [3.63, 3.8) is 0 Å². The minimum atomic E-state index is -1.01. The smallest absolute Gasteiger partial charge is 0.326 e. The van der Waals surface area contributed by atoms with Crippen molar-refractivity contribution in [2.75, 3.05) is 0 Å². The Balaban J connectivity index is 3.18. The highest BCUT2D eigenvalue weighted by Crippen LogP contribution is 2.19. The standard InChI is InChI=1S/C7H10N2O3S/c1-2-4(6(11)12)9-5(10)3-8-7(9)13/h3-4,10H,2H2,1H3,(H,8,13)(H,11,12). The van der Waals surface area contributed by atoms with Crippen molar-refractivity contribution in [1.82, 2.24) is 9.55 Å². The van der Waals surface area contributed by atoms with E-state index in [1.165, 1.54) is 10.8 Å². The van der Waals surface area contributed by atoms with E-state index >= 15 is 0 Å². The summed E-state index contributed by atoms with van der Waals surface area (Å²) in [4.78, 5) is 13.3. The van der Waals surface area contributed by atoms with Crippen molar-refractivity contribution in [2.24, 2.45) is 0 Å². The molecule has 1 aromatic heterocycles. The van der Waals surface area contributed by atoms with Gasteiger partial charge in [0.05, 0.1) is 6.20 Å². The Hall–Kier alpha value is -1.30. The van der Waals surface area contributed by atoms with E-state index < -0.39 is 12.0 Å². The second kappa shape index (κ2) is 3.61. The zero-order chi connectivity index (χ0) is 10.0. The highest BCUT2D eigenvalue weighted by molar-refractivity contribution is 7.71. The minimum Gasteiger partial charge on any atom is -0.493 e. The number of aromatic amines is 1. The molecular weight excluding hydrogens is 192 g/mol. The van der Waals surface area contributed by atoms with E-state index in [9.17, 15) is 9.90 Å². The van der Waals surface area contributed by atoms with E-state index in [0.717, 1.165) is 0 Å². The highest BCUT2D eigenvalue weighted by Gasteiger charge is 2.20. The molecule has 3 N–H and O–H groups in total. The van der Waals surface area contributed by atoms with Crippen LogP contribution in [0.5, 0.6) is 5.88 Å². The van der Waals surface area contributed by atoms with Gasteiger partial charge in [0.2, 0.25) is 5.88 Å². The van der Waals surface area contributed by atoms with Gasteiger partial charge in [-0.3, -0.25) is 4.57 Å². The second-order valence-electron chi connectivity index (χ2n) is 2.58. The fourth-order valence-corrected chi connectivity index (χ4v) is 1.42. The van der Waals surface area contributed by atoms with Gasteiger partial charge in [-0.25, -0.2) is 4.79 Å². The Morgan fingerprint density at radius 1 is 1.85 bits per heavy atom. The first-order chi connectivity index (χ1) is 6.07. The summed E-state index contributed by atoms with van der Waals surface area (Å²) in [5, 5.41) is 18.1. The predicted molar refractivity (Wildman–Crippen MR) is 48.2 cm³/mol. The molecule has 0 aromatic carbocycles. The van der Waals surface area contributed by atoms with E-state index in [0.29, 0.717) is 6.42 Å². The number of carboxylic acids is 1. The van der Waals surface area contributed by atoms with Gasteiger partial charge in [-0.05, 0) is 18.6 Å². The molecule has 6 heteroatoms. The lowest BCUT2D eigenvalue weighted by Gasteiger charge is -2.11. The average Bonchev–Trinajstić information content (AvgIpc) is 2.36. The van der Waals surface area contributed by atoms with Crippen LogP contribution in [0.1, 0.15) is 19.4 Å². The second-order valence-corrected chi connectivity index (χ2v) is 2.97. The third kappa shape index (κ3) is 1.72. The third-order valence-corrected chi connectivity index (χ3v) is 2.09. The molecule has 1 unspecified atom stereocenters. The van der Waals surface area contributed by atoms with E-state index in [2.05, 4.69) is 4.98 Å². The van der Waals surface area contributed by atoms with Gasteiger partial charge in [-0.2, -0.15) is 0 Å². The molecule has 13 heavy (non-hydrogen) atoms. The van der Waals surface area contributed by atoms with Gasteiger partial charge in [-0.15, -0.1) is 0 Å². The fourth-order valence-electron chi connectivity index (χ4n) is 1.14. The summed E-state index contributed by atoms with van der Waals surface area (Å²) < 4.78 is 1.39. The fraction of sp³-hybridized carbons (Fsp3) is 0.429. The van der Waals surface area contributed by atoms with Crippen molar-refractivity contribution >= 4 is 18.2 Å². The molecule has 0 aliphatic heterocycles. The summed E-state index contributed by atoms with van der Waals surface area (Å²) in [6, 6.07) is -0.807. The molecule has 0 aliphatic carbocycles. The summed E-state index contributed by atoms with van der Waals surface area (Å²) in [5.74, 6) is -1.16. The molecule has 0 fully saturated rings. The van der Waals surface area contributed by atoms with Crippen molar-refractivity contribution in [3.8, 4) is 5.88 Å². The SMILES string of the molecule is CCC(C(=O)O)n1c(O)c[nH]c1=S. The highest BCUT2D eigenvalue weighted by atomic mass is 32.1. The summed E-state index contributed by atoms with van der Waals surface area (Å²) >= 11 is 4.82. The molecule has 1 heterocycles. The lowest BCUT2D eigenvalue weighted by atomic mass is 10.2. The van der Waals surface area contributed by atoms with Crippen LogP contribution in [0.4, 0.5) is 0 Å². The number of carbonyl (C=O) groups is 1. The Labute approximate surface area is 79.6 Å². The Kier molecular flexibility index (Phi) is 2.72. The third-order valence-electron chi connectivity index (χ3n) is 1.77. The van der Waals surface area contributed by atoms with Crippen LogP contribution in [-0.2, 0) is 4.79 Å². The Morgan fingerprint density at radius 2 is 2.46 bits per heavy atom. The zero-order valence-electron chi connectivity index (χ0n) is 7.02. The molecule has 0 saturated carbocycles. The largest absolute Gasteiger partial charge is 0.493 e. The van der Waals surface area contributed by atoms with E-state index in [-0.39, 0.29) is 10.7 Å². The van der Waals surface area contributed by atoms with Gasteiger partial charge >= 0.3 is 5.97 Å². The lowest BCUT2D eigenvalue weighted by molar-refractivity contribution is -0.141. The zero-order valence-corrected chi connectivity index (χ0v) is 7.84. The van der Waals surface area contributed by atoms with Crippen LogP contribution in [-0.4, -0.2) is 25.7 Å². The summed E-state index contributed by atoms with van der Waals surface area (Å²) in [6.45, 7) is 1.72. The number of nitrogens with one attached hydrogen (secondary N) is 1. The normalized spacial score (nSPS) is 12.7. The van der Waals surface area contributed by atoms with E-state index in [1.807, 2.05) is 0 Å². The van der Waals surface area contributed by atoms with Crippen LogP contribution < -0.4 is 0 Å². The maximum absolute atomic E-state index is 10.7. The number of imidazole rings is 1. The van der Waals surface area contributed by atoms with E-state index in [4.69, 9.17) is 17.3 Å². The van der Waals surface area contributed by atoms with Gasteiger partial charge in [0.15, 0.2) is 4.77 Å². The number of hydrogen-bond donors (Lipinski definition) is 3. The summed E-state index contributed by atoms with van der Waals surface area (Å²) in [7, 11) is 0. The van der Waals surface area contributed by atoms with Crippen molar-refractivity contribution in [2.45, 2.75) is 19.4 Å². The van der Waals surface area contributed by atoms with Gasteiger partial charge < -0.3 is 15.2 Å². The molecule has 0 saturated heterocycles. The van der Waals surface area contributed by atoms with Crippen molar-refractivity contribution in [3.05, 3.63) is 11.0 Å². The van der Waals surface area contributed by atoms with Crippen LogP contribution in [0, 0.1) is 4.77 Å². The first kappa shape index (κ1) is 9.79. The number of aliphatic carboxylic acids is 1. The number of aromatic nitrogens is 2. The monoisotopic (exact) mass is 202 g/mol. The Bertz CT molecular complexity index is 368. The lowest BCUT2D eigenvalue weighted by Crippen LogP contribution is -2.17. The molecule has 0 spiro atoms. The number of hydrogen-bond acceptors (Lipinski definition) is 3. The maximum atomic E-state index is 10.7. The summed E-state index contributed by atoms with van der Waals surface area (Å²) in [6.07, 6.45) is 1.64. The number of rotatable bonds is 3. The molecule has 5 nitrogen and oxygen atoms in total. The van der Waals surface area contributed by atoms with Gasteiger partial charge in [0, 0.05) is 0 Å². The predicted octanol–water partition coefficient (Wildman–Crippen LogP) is 1.29.